The summed E-state index contributed by atoms with van der Waals surface area (Å²) in [4.78, 5) is 11.5. The average molecular weight is 417 g/mol. The molecule has 0 bridgehead atoms. The molecule has 150 valence electrons. The van der Waals surface area contributed by atoms with Crippen molar-refractivity contribution in [2.24, 2.45) is 5.73 Å². The summed E-state index contributed by atoms with van der Waals surface area (Å²) in [5.41, 5.74) is 8.80. The molecule has 7 heteroatoms. The largest absolute Gasteiger partial charge is 0.497 e. The van der Waals surface area contributed by atoms with E-state index < -0.39 is 5.91 Å². The first-order valence-electron chi connectivity index (χ1n) is 9.32. The molecule has 4 rings (SSSR count). The summed E-state index contributed by atoms with van der Waals surface area (Å²) >= 11 is 1.55. The van der Waals surface area contributed by atoms with Crippen LogP contribution in [0.25, 0.3) is 17.1 Å². The minimum Gasteiger partial charge on any atom is -0.497 e. The SMILES string of the molecule is COc1ccc(-n2c(SCc3cccc(C(N)=O)c3)nnc2-c2ccccc2)cc1. The molecule has 4 aromatic rings. The molecule has 0 aliphatic carbocycles. The van der Waals surface area contributed by atoms with E-state index in [4.69, 9.17) is 10.5 Å². The standard InChI is InChI=1S/C23H20N4O2S/c1-29-20-12-10-19(11-13-20)27-22(17-7-3-2-4-8-17)25-26-23(27)30-15-16-6-5-9-18(14-16)21(24)28/h2-14H,15H2,1H3,(H2,24,28). The number of ether oxygens (including phenoxy) is 1. The number of aromatic nitrogens is 3. The number of methoxy groups -OCH3 is 1. The quantitative estimate of drug-likeness (QED) is 0.453. The number of amides is 1. The highest BCUT2D eigenvalue weighted by Gasteiger charge is 2.16. The van der Waals surface area contributed by atoms with Crippen molar-refractivity contribution in [2.75, 3.05) is 7.11 Å². The molecule has 0 unspecified atom stereocenters. The van der Waals surface area contributed by atoms with Gasteiger partial charge in [0.2, 0.25) is 5.91 Å². The van der Waals surface area contributed by atoms with Crippen molar-refractivity contribution >= 4 is 17.7 Å². The molecule has 1 aromatic heterocycles. The third kappa shape index (κ3) is 4.21. The number of thioether (sulfide) groups is 1. The molecule has 30 heavy (non-hydrogen) atoms. The van der Waals surface area contributed by atoms with E-state index in [9.17, 15) is 4.79 Å². The second-order valence-electron chi connectivity index (χ2n) is 6.56. The van der Waals surface area contributed by atoms with Crippen LogP contribution in [0.1, 0.15) is 15.9 Å². The molecule has 2 N–H and O–H groups in total. The van der Waals surface area contributed by atoms with E-state index >= 15 is 0 Å². The Morgan fingerprint density at radius 3 is 2.47 bits per heavy atom. The summed E-state index contributed by atoms with van der Waals surface area (Å²) in [7, 11) is 1.64. The van der Waals surface area contributed by atoms with Gasteiger partial charge in [0.25, 0.3) is 0 Å². The van der Waals surface area contributed by atoms with E-state index in [0.29, 0.717) is 11.3 Å². The van der Waals surface area contributed by atoms with Crippen LogP contribution in [0.2, 0.25) is 0 Å². The van der Waals surface area contributed by atoms with Gasteiger partial charge in [0.05, 0.1) is 7.11 Å². The number of hydrogen-bond donors (Lipinski definition) is 1. The lowest BCUT2D eigenvalue weighted by Crippen LogP contribution is -2.10. The molecule has 0 saturated carbocycles. The lowest BCUT2D eigenvalue weighted by molar-refractivity contribution is 0.1000. The third-order valence-electron chi connectivity index (χ3n) is 4.58. The van der Waals surface area contributed by atoms with Crippen LogP contribution in [0, 0.1) is 0 Å². The van der Waals surface area contributed by atoms with Crippen molar-refractivity contribution in [1.29, 1.82) is 0 Å². The maximum Gasteiger partial charge on any atom is 0.248 e. The Labute approximate surface area is 178 Å². The molecule has 0 atom stereocenters. The summed E-state index contributed by atoms with van der Waals surface area (Å²) in [6, 6.07) is 25.0. The number of carbonyl (C=O) groups is 1. The van der Waals surface area contributed by atoms with Gasteiger partial charge >= 0.3 is 0 Å². The molecule has 0 spiro atoms. The zero-order chi connectivity index (χ0) is 20.9. The number of rotatable bonds is 7. The molecular weight excluding hydrogens is 396 g/mol. The van der Waals surface area contributed by atoms with Gasteiger partial charge in [-0.1, -0.05) is 54.2 Å². The first-order chi connectivity index (χ1) is 14.7. The Hall–Kier alpha value is -3.58. The van der Waals surface area contributed by atoms with E-state index in [1.807, 2.05) is 77.4 Å². The highest BCUT2D eigenvalue weighted by molar-refractivity contribution is 7.98. The zero-order valence-electron chi connectivity index (χ0n) is 16.4. The highest BCUT2D eigenvalue weighted by atomic mass is 32.2. The predicted octanol–water partition coefficient (Wildman–Crippen LogP) is 4.33. The summed E-state index contributed by atoms with van der Waals surface area (Å²) in [5.74, 6) is 1.74. The van der Waals surface area contributed by atoms with Gasteiger partial charge in [-0.05, 0) is 42.0 Å². The van der Waals surface area contributed by atoms with E-state index in [1.54, 1.807) is 24.9 Å². The first kappa shape index (κ1) is 19.7. The van der Waals surface area contributed by atoms with Gasteiger partial charge in [-0.15, -0.1) is 10.2 Å². The Morgan fingerprint density at radius 1 is 1.00 bits per heavy atom. The van der Waals surface area contributed by atoms with Gasteiger partial charge in [0, 0.05) is 22.6 Å². The molecular formula is C23H20N4O2S. The minimum atomic E-state index is -0.436. The summed E-state index contributed by atoms with van der Waals surface area (Å²) < 4.78 is 7.31. The van der Waals surface area contributed by atoms with Crippen LogP contribution in [0.3, 0.4) is 0 Å². The number of primary amides is 1. The molecule has 6 nitrogen and oxygen atoms in total. The van der Waals surface area contributed by atoms with Gasteiger partial charge in [0.15, 0.2) is 11.0 Å². The van der Waals surface area contributed by atoms with Crippen LogP contribution in [0.5, 0.6) is 5.75 Å². The van der Waals surface area contributed by atoms with Crippen molar-refractivity contribution in [3.05, 3.63) is 90.0 Å². The summed E-state index contributed by atoms with van der Waals surface area (Å²) in [5, 5.41) is 9.64. The van der Waals surface area contributed by atoms with E-state index in [-0.39, 0.29) is 0 Å². The molecule has 0 aliphatic rings. The Bertz CT molecular complexity index is 1160. The molecule has 3 aromatic carbocycles. The van der Waals surface area contributed by atoms with Crippen LogP contribution >= 0.6 is 11.8 Å². The zero-order valence-corrected chi connectivity index (χ0v) is 17.2. The Morgan fingerprint density at radius 2 is 1.77 bits per heavy atom. The van der Waals surface area contributed by atoms with Crippen molar-refractivity contribution < 1.29 is 9.53 Å². The smallest absolute Gasteiger partial charge is 0.248 e. The van der Waals surface area contributed by atoms with Crippen molar-refractivity contribution in [3.63, 3.8) is 0 Å². The van der Waals surface area contributed by atoms with Crippen LogP contribution in [-0.4, -0.2) is 27.8 Å². The molecule has 0 radical (unpaired) electrons. The van der Waals surface area contributed by atoms with Gasteiger partial charge < -0.3 is 10.5 Å². The van der Waals surface area contributed by atoms with Crippen LogP contribution in [0.15, 0.2) is 84.0 Å². The Kier molecular flexibility index (Phi) is 5.81. The third-order valence-corrected chi connectivity index (χ3v) is 5.58. The lowest BCUT2D eigenvalue weighted by atomic mass is 10.1. The number of nitrogens with two attached hydrogens (primary N) is 1. The lowest BCUT2D eigenvalue weighted by Gasteiger charge is -2.11. The van der Waals surface area contributed by atoms with Gasteiger partial charge in [-0.25, -0.2) is 0 Å². The number of carbonyl (C=O) groups excluding carboxylic acids is 1. The van der Waals surface area contributed by atoms with Crippen LogP contribution < -0.4 is 10.5 Å². The van der Waals surface area contributed by atoms with Gasteiger partial charge in [-0.2, -0.15) is 0 Å². The van der Waals surface area contributed by atoms with Crippen LogP contribution in [-0.2, 0) is 5.75 Å². The summed E-state index contributed by atoms with van der Waals surface area (Å²) in [6.07, 6.45) is 0. The van der Waals surface area contributed by atoms with Gasteiger partial charge in [0.1, 0.15) is 5.75 Å². The van der Waals surface area contributed by atoms with E-state index in [1.165, 1.54) is 0 Å². The van der Waals surface area contributed by atoms with Crippen molar-refractivity contribution in [3.8, 4) is 22.8 Å². The first-order valence-corrected chi connectivity index (χ1v) is 10.3. The van der Waals surface area contributed by atoms with Crippen molar-refractivity contribution in [1.82, 2.24) is 14.8 Å². The minimum absolute atomic E-state index is 0.436. The molecule has 1 heterocycles. The van der Waals surface area contributed by atoms with Crippen molar-refractivity contribution in [2.45, 2.75) is 10.9 Å². The topological polar surface area (TPSA) is 83.0 Å². The number of hydrogen-bond acceptors (Lipinski definition) is 5. The number of benzene rings is 3. The molecule has 1 amide bonds. The van der Waals surface area contributed by atoms with Gasteiger partial charge in [-0.3, -0.25) is 9.36 Å². The van der Waals surface area contributed by atoms with E-state index in [0.717, 1.165) is 33.5 Å². The fraction of sp³-hybridized carbons (Fsp3) is 0.0870. The second-order valence-corrected chi connectivity index (χ2v) is 7.50. The number of nitrogens with zero attached hydrogens (tertiary/aromatic N) is 3. The molecule has 0 fully saturated rings. The fourth-order valence-corrected chi connectivity index (χ4v) is 3.96. The normalized spacial score (nSPS) is 10.7. The maximum absolute atomic E-state index is 11.5. The molecule has 0 aliphatic heterocycles. The predicted molar refractivity (Wildman–Crippen MR) is 118 cm³/mol. The summed E-state index contributed by atoms with van der Waals surface area (Å²) in [6.45, 7) is 0. The van der Waals surface area contributed by atoms with Crippen LogP contribution in [0.4, 0.5) is 0 Å². The molecule has 0 saturated heterocycles. The fourth-order valence-electron chi connectivity index (χ4n) is 3.06. The second kappa shape index (κ2) is 8.84. The monoisotopic (exact) mass is 416 g/mol. The Balaban J connectivity index is 1.70. The highest BCUT2D eigenvalue weighted by Crippen LogP contribution is 2.30. The average Bonchev–Trinajstić information content (AvgIpc) is 3.22. The van der Waals surface area contributed by atoms with E-state index in [2.05, 4.69) is 10.2 Å². The maximum atomic E-state index is 11.5.